The molecule has 3 rings (SSSR count). The monoisotopic (exact) mass is 273 g/mol. The number of hydrogen-bond donors (Lipinski definition) is 0. The number of fused-ring (bicyclic) bond motifs is 1. The van der Waals surface area contributed by atoms with Crippen molar-refractivity contribution in [2.24, 2.45) is 7.05 Å². The maximum absolute atomic E-state index is 5.59. The molecule has 0 aliphatic heterocycles. The second-order valence-corrected chi connectivity index (χ2v) is 5.50. The first-order valence-electron chi connectivity index (χ1n) is 6.19. The Kier molecular flexibility index (Phi) is 2.98. The van der Waals surface area contributed by atoms with Crippen LogP contribution in [0.4, 0.5) is 0 Å². The molecule has 2 aromatic heterocycles. The SMILES string of the molecule is CC(C)Oc1csc(-c2nc3ccccc3n2C)n1. The van der Waals surface area contributed by atoms with Gasteiger partial charge in [0.1, 0.15) is 0 Å². The van der Waals surface area contributed by atoms with Crippen molar-refractivity contribution < 1.29 is 4.74 Å². The molecule has 0 unspecified atom stereocenters. The van der Waals surface area contributed by atoms with E-state index >= 15 is 0 Å². The van der Waals surface area contributed by atoms with E-state index < -0.39 is 0 Å². The Bertz CT molecular complexity index is 714. The van der Waals surface area contributed by atoms with Gasteiger partial charge < -0.3 is 9.30 Å². The molecule has 5 heteroatoms. The van der Waals surface area contributed by atoms with Crippen molar-refractivity contribution in [1.29, 1.82) is 0 Å². The van der Waals surface area contributed by atoms with Crippen molar-refractivity contribution in [3.8, 4) is 16.7 Å². The molecule has 0 saturated heterocycles. The molecular weight excluding hydrogens is 258 g/mol. The minimum absolute atomic E-state index is 0.135. The van der Waals surface area contributed by atoms with E-state index in [2.05, 4.69) is 20.6 Å². The zero-order chi connectivity index (χ0) is 13.4. The quantitative estimate of drug-likeness (QED) is 0.733. The molecule has 2 heterocycles. The molecule has 0 saturated carbocycles. The third-order valence-electron chi connectivity index (χ3n) is 2.82. The lowest BCUT2D eigenvalue weighted by Gasteiger charge is -2.04. The number of aromatic nitrogens is 3. The van der Waals surface area contributed by atoms with Crippen LogP contribution in [-0.2, 0) is 7.05 Å². The number of nitrogens with zero attached hydrogens (tertiary/aromatic N) is 3. The van der Waals surface area contributed by atoms with Gasteiger partial charge in [0, 0.05) is 7.05 Å². The zero-order valence-corrected chi connectivity index (χ0v) is 11.9. The van der Waals surface area contributed by atoms with Crippen LogP contribution in [0.1, 0.15) is 13.8 Å². The number of benzene rings is 1. The van der Waals surface area contributed by atoms with Crippen molar-refractivity contribution in [3.63, 3.8) is 0 Å². The van der Waals surface area contributed by atoms with Crippen LogP contribution in [0.2, 0.25) is 0 Å². The van der Waals surface area contributed by atoms with Crippen molar-refractivity contribution in [1.82, 2.24) is 14.5 Å². The fourth-order valence-corrected chi connectivity index (χ4v) is 2.75. The molecule has 0 spiro atoms. The summed E-state index contributed by atoms with van der Waals surface area (Å²) in [6.07, 6.45) is 0.135. The third kappa shape index (κ3) is 2.21. The Labute approximate surface area is 115 Å². The van der Waals surface area contributed by atoms with E-state index in [-0.39, 0.29) is 6.10 Å². The Morgan fingerprint density at radius 1 is 1.21 bits per heavy atom. The highest BCUT2D eigenvalue weighted by Crippen LogP contribution is 2.29. The second-order valence-electron chi connectivity index (χ2n) is 4.64. The molecule has 0 radical (unpaired) electrons. The molecule has 98 valence electrons. The molecule has 0 aliphatic carbocycles. The van der Waals surface area contributed by atoms with Crippen LogP contribution in [0, 0.1) is 0 Å². The van der Waals surface area contributed by atoms with Crippen LogP contribution >= 0.6 is 11.3 Å². The number of rotatable bonds is 3. The van der Waals surface area contributed by atoms with Crippen LogP contribution in [-0.4, -0.2) is 20.6 Å². The van der Waals surface area contributed by atoms with Crippen LogP contribution in [0.15, 0.2) is 29.6 Å². The van der Waals surface area contributed by atoms with E-state index in [0.717, 1.165) is 21.9 Å². The number of ether oxygens (including phenoxy) is 1. The lowest BCUT2D eigenvalue weighted by Crippen LogP contribution is -2.05. The summed E-state index contributed by atoms with van der Waals surface area (Å²) in [5.41, 5.74) is 2.10. The highest BCUT2D eigenvalue weighted by atomic mass is 32.1. The summed E-state index contributed by atoms with van der Waals surface area (Å²) < 4.78 is 7.66. The average Bonchev–Trinajstić information content (AvgIpc) is 2.94. The van der Waals surface area contributed by atoms with Crippen LogP contribution in [0.5, 0.6) is 5.88 Å². The Hall–Kier alpha value is -1.88. The lowest BCUT2D eigenvalue weighted by molar-refractivity contribution is 0.234. The zero-order valence-electron chi connectivity index (χ0n) is 11.1. The van der Waals surface area contributed by atoms with E-state index in [1.165, 1.54) is 0 Å². The van der Waals surface area contributed by atoms with Gasteiger partial charge in [0.2, 0.25) is 5.88 Å². The largest absolute Gasteiger partial charge is 0.474 e. The maximum Gasteiger partial charge on any atom is 0.225 e. The minimum atomic E-state index is 0.135. The van der Waals surface area contributed by atoms with Gasteiger partial charge in [0.15, 0.2) is 10.8 Å². The summed E-state index contributed by atoms with van der Waals surface area (Å²) in [5.74, 6) is 1.55. The molecule has 0 atom stereocenters. The van der Waals surface area contributed by atoms with Gasteiger partial charge in [-0.25, -0.2) is 4.98 Å². The van der Waals surface area contributed by atoms with Crippen molar-refractivity contribution in [3.05, 3.63) is 29.6 Å². The van der Waals surface area contributed by atoms with Crippen LogP contribution in [0.3, 0.4) is 0 Å². The third-order valence-corrected chi connectivity index (χ3v) is 3.63. The normalized spacial score (nSPS) is 11.4. The smallest absolute Gasteiger partial charge is 0.225 e. The molecule has 3 aromatic rings. The first-order chi connectivity index (χ1) is 9.15. The van der Waals surface area contributed by atoms with Gasteiger partial charge in [0.05, 0.1) is 22.5 Å². The summed E-state index contributed by atoms with van der Waals surface area (Å²) >= 11 is 1.55. The topological polar surface area (TPSA) is 39.9 Å². The summed E-state index contributed by atoms with van der Waals surface area (Å²) in [5, 5.41) is 2.81. The predicted molar refractivity (Wildman–Crippen MR) is 77.6 cm³/mol. The van der Waals surface area contributed by atoms with Gasteiger partial charge in [-0.15, -0.1) is 11.3 Å². The summed E-state index contributed by atoms with van der Waals surface area (Å²) in [6.45, 7) is 3.99. The van der Waals surface area contributed by atoms with Crippen LogP contribution < -0.4 is 4.74 Å². The van der Waals surface area contributed by atoms with E-state index in [0.29, 0.717) is 5.88 Å². The summed E-state index contributed by atoms with van der Waals surface area (Å²) in [6, 6.07) is 8.08. The standard InChI is InChI=1S/C14H15N3OS/c1-9(2)18-12-8-19-14(16-12)13-15-10-6-4-5-7-11(10)17(13)3/h4-9H,1-3H3. The first-order valence-corrected chi connectivity index (χ1v) is 7.07. The summed E-state index contributed by atoms with van der Waals surface area (Å²) in [4.78, 5) is 9.12. The highest BCUT2D eigenvalue weighted by Gasteiger charge is 2.13. The van der Waals surface area contributed by atoms with E-state index in [4.69, 9.17) is 4.74 Å². The molecular formula is C14H15N3OS. The molecule has 0 amide bonds. The Morgan fingerprint density at radius 2 is 2.00 bits per heavy atom. The predicted octanol–water partition coefficient (Wildman–Crippen LogP) is 3.48. The molecule has 0 fully saturated rings. The Morgan fingerprint density at radius 3 is 2.74 bits per heavy atom. The highest BCUT2D eigenvalue weighted by molar-refractivity contribution is 7.13. The number of hydrogen-bond acceptors (Lipinski definition) is 4. The van der Waals surface area contributed by atoms with Crippen molar-refractivity contribution in [2.75, 3.05) is 0 Å². The fraction of sp³-hybridized carbons (Fsp3) is 0.286. The van der Waals surface area contributed by atoms with Crippen molar-refractivity contribution >= 4 is 22.4 Å². The van der Waals surface area contributed by atoms with E-state index in [9.17, 15) is 0 Å². The van der Waals surface area contributed by atoms with Gasteiger partial charge in [0.25, 0.3) is 0 Å². The number of para-hydroxylation sites is 2. The second kappa shape index (κ2) is 4.66. The molecule has 0 bridgehead atoms. The molecule has 1 aromatic carbocycles. The van der Waals surface area contributed by atoms with Gasteiger partial charge in [-0.1, -0.05) is 12.1 Å². The first kappa shape index (κ1) is 12.2. The summed E-state index contributed by atoms with van der Waals surface area (Å²) in [7, 11) is 2.01. The van der Waals surface area contributed by atoms with Gasteiger partial charge in [-0.2, -0.15) is 4.98 Å². The molecule has 0 aliphatic rings. The molecule has 19 heavy (non-hydrogen) atoms. The molecule has 4 nitrogen and oxygen atoms in total. The lowest BCUT2D eigenvalue weighted by atomic mass is 10.3. The van der Waals surface area contributed by atoms with Gasteiger partial charge in [-0.05, 0) is 26.0 Å². The van der Waals surface area contributed by atoms with Gasteiger partial charge >= 0.3 is 0 Å². The van der Waals surface area contributed by atoms with Gasteiger partial charge in [-0.3, -0.25) is 0 Å². The average molecular weight is 273 g/mol. The van der Waals surface area contributed by atoms with E-state index in [1.807, 2.05) is 44.5 Å². The maximum atomic E-state index is 5.59. The minimum Gasteiger partial charge on any atom is -0.474 e. The number of thiazole rings is 1. The fourth-order valence-electron chi connectivity index (χ4n) is 1.99. The number of aryl methyl sites for hydroxylation is 1. The molecule has 0 N–H and O–H groups in total. The Balaban J connectivity index is 2.04. The number of imidazole rings is 1. The van der Waals surface area contributed by atoms with E-state index in [1.54, 1.807) is 11.3 Å². The van der Waals surface area contributed by atoms with Crippen molar-refractivity contribution in [2.45, 2.75) is 20.0 Å². The van der Waals surface area contributed by atoms with Crippen LogP contribution in [0.25, 0.3) is 21.9 Å².